The van der Waals surface area contributed by atoms with Crippen LogP contribution in [-0.4, -0.2) is 20.3 Å². The SMILES string of the molecule is CC1=C(CS(=O)[O-])C(C)(C)CCC1=O.II.[Ar]. The summed E-state index contributed by atoms with van der Waals surface area (Å²) in [6.45, 7) is 5.71. The number of rotatable bonds is 2. The molecule has 0 saturated heterocycles. The summed E-state index contributed by atoms with van der Waals surface area (Å²) in [5.41, 5.74) is 1.27. The molecular weight excluding hydrogens is 494 g/mol. The molecule has 0 N–H and O–H groups in total. The first-order valence-corrected chi connectivity index (χ1v) is 12.3. The van der Waals surface area contributed by atoms with Crippen LogP contribution in [0.5, 0.6) is 0 Å². The number of hydrogen-bond donors (Lipinski definition) is 0. The second kappa shape index (κ2) is 10.0. The summed E-state index contributed by atoms with van der Waals surface area (Å²) in [4.78, 5) is 11.4. The van der Waals surface area contributed by atoms with Crippen molar-refractivity contribution in [3.63, 3.8) is 0 Å². The molecule has 0 amide bonds. The van der Waals surface area contributed by atoms with Gasteiger partial charge in [-0.25, -0.2) is 0 Å². The molecule has 1 rings (SSSR count). The molecule has 1 atom stereocenters. The van der Waals surface area contributed by atoms with Crippen LogP contribution in [0, 0.1) is 43.2 Å². The smallest absolute Gasteiger partial charge is 0.158 e. The number of carbonyl (C=O) groups excluding carboxylic acids is 1. The van der Waals surface area contributed by atoms with E-state index in [0.29, 0.717) is 12.0 Å². The molecular formula is C10H15ArI2O3S-. The van der Waals surface area contributed by atoms with Crippen LogP contribution in [0.25, 0.3) is 0 Å². The van der Waals surface area contributed by atoms with Gasteiger partial charge in [0.2, 0.25) is 0 Å². The maximum atomic E-state index is 11.4. The topological polar surface area (TPSA) is 57.2 Å². The van der Waals surface area contributed by atoms with Crippen LogP contribution in [0.2, 0.25) is 0 Å². The van der Waals surface area contributed by atoms with Crippen molar-refractivity contribution in [1.29, 1.82) is 0 Å². The minimum Gasteiger partial charge on any atom is -0.772 e. The van der Waals surface area contributed by atoms with Crippen LogP contribution in [-0.2, 0) is 15.9 Å². The minimum atomic E-state index is -2.11. The van der Waals surface area contributed by atoms with Crippen molar-refractivity contribution in [3.05, 3.63) is 11.1 Å². The molecule has 0 fully saturated rings. The van der Waals surface area contributed by atoms with E-state index in [1.807, 2.05) is 13.8 Å². The van der Waals surface area contributed by atoms with Crippen molar-refractivity contribution in [2.24, 2.45) is 5.41 Å². The fourth-order valence-corrected chi connectivity index (χ4v) is 2.70. The molecule has 7 heteroatoms. The van der Waals surface area contributed by atoms with Crippen molar-refractivity contribution in [3.8, 4) is 0 Å². The van der Waals surface area contributed by atoms with Crippen molar-refractivity contribution in [2.75, 3.05) is 5.75 Å². The van der Waals surface area contributed by atoms with Gasteiger partial charge in [0.05, 0.1) is 0 Å². The fourth-order valence-electron chi connectivity index (χ4n) is 1.86. The Morgan fingerprint density at radius 1 is 1.41 bits per heavy atom. The molecule has 1 unspecified atom stereocenters. The van der Waals surface area contributed by atoms with Gasteiger partial charge in [-0.1, -0.05) is 24.9 Å². The largest absolute Gasteiger partial charge is 0.772 e. The van der Waals surface area contributed by atoms with E-state index in [2.05, 4.69) is 37.2 Å². The summed E-state index contributed by atoms with van der Waals surface area (Å²) in [6, 6.07) is 0. The van der Waals surface area contributed by atoms with E-state index in [9.17, 15) is 13.6 Å². The van der Waals surface area contributed by atoms with Crippen molar-refractivity contribution >= 4 is 54.1 Å². The van der Waals surface area contributed by atoms with E-state index in [0.717, 1.165) is 12.0 Å². The van der Waals surface area contributed by atoms with Crippen LogP contribution in [0.4, 0.5) is 0 Å². The molecule has 0 spiro atoms. The quantitative estimate of drug-likeness (QED) is 0.424. The van der Waals surface area contributed by atoms with Gasteiger partial charge < -0.3 is 4.55 Å². The summed E-state index contributed by atoms with van der Waals surface area (Å²) in [5, 5.41) is 0. The Morgan fingerprint density at radius 3 is 2.29 bits per heavy atom. The Bertz CT molecular complexity index is 330. The van der Waals surface area contributed by atoms with Gasteiger partial charge in [-0.05, 0) is 29.9 Å². The predicted molar refractivity (Wildman–Crippen MR) is 82.5 cm³/mol. The van der Waals surface area contributed by atoms with E-state index < -0.39 is 11.1 Å². The van der Waals surface area contributed by atoms with Crippen LogP contribution >= 0.6 is 37.2 Å². The second-order valence-electron chi connectivity index (χ2n) is 4.36. The molecule has 1 aliphatic carbocycles. The van der Waals surface area contributed by atoms with E-state index in [1.54, 1.807) is 6.92 Å². The first kappa shape index (κ1) is 21.5. The van der Waals surface area contributed by atoms with Gasteiger partial charge in [-0.2, -0.15) is 0 Å². The zero-order valence-corrected chi connectivity index (χ0v) is 15.7. The number of carbonyl (C=O) groups is 1. The fraction of sp³-hybridized carbons (Fsp3) is 0.700. The van der Waals surface area contributed by atoms with Gasteiger partial charge in [0.1, 0.15) is 0 Å². The van der Waals surface area contributed by atoms with E-state index in [1.165, 1.54) is 0 Å². The zero-order valence-electron chi connectivity index (χ0n) is 9.86. The average molecular weight is 509 g/mol. The Hall–Kier alpha value is 2.24. The summed E-state index contributed by atoms with van der Waals surface area (Å²) >= 11 is 2.13. The molecule has 1 aliphatic rings. The molecule has 0 aliphatic heterocycles. The number of Topliss-reactive ketones (excluding diaryl/α,β-unsaturated/α-hetero) is 1. The van der Waals surface area contributed by atoms with Gasteiger partial charge in [0.25, 0.3) is 0 Å². The van der Waals surface area contributed by atoms with Gasteiger partial charge >= 0.3 is 0 Å². The molecule has 0 heterocycles. The summed E-state index contributed by atoms with van der Waals surface area (Å²) < 4.78 is 21.3. The van der Waals surface area contributed by atoms with Gasteiger partial charge in [0, 0.05) is 87.1 Å². The first-order chi connectivity index (χ1) is 7.34. The molecule has 0 bridgehead atoms. The molecule has 0 aromatic rings. The van der Waals surface area contributed by atoms with Crippen LogP contribution < -0.4 is 0 Å². The number of allylic oxidation sites excluding steroid dienone is 1. The summed E-state index contributed by atoms with van der Waals surface area (Å²) in [7, 11) is 0. The second-order valence-corrected chi connectivity index (χ2v) is 5.25. The van der Waals surface area contributed by atoms with Crippen molar-refractivity contribution < 1.29 is 51.3 Å². The van der Waals surface area contributed by atoms with Gasteiger partial charge in [-0.15, -0.1) is 0 Å². The van der Waals surface area contributed by atoms with E-state index >= 15 is 0 Å². The van der Waals surface area contributed by atoms with Crippen molar-refractivity contribution in [2.45, 2.75) is 33.6 Å². The van der Waals surface area contributed by atoms with E-state index in [-0.39, 0.29) is 54.7 Å². The Morgan fingerprint density at radius 2 is 1.88 bits per heavy atom. The van der Waals surface area contributed by atoms with Crippen molar-refractivity contribution in [1.82, 2.24) is 0 Å². The van der Waals surface area contributed by atoms with Crippen LogP contribution in [0.15, 0.2) is 11.1 Å². The maximum absolute atomic E-state index is 11.4. The number of hydrogen-bond acceptors (Lipinski definition) is 3. The maximum Gasteiger partial charge on any atom is 0.158 e. The van der Waals surface area contributed by atoms with Crippen LogP contribution in [0.1, 0.15) is 33.6 Å². The molecule has 17 heavy (non-hydrogen) atoms. The van der Waals surface area contributed by atoms with Crippen LogP contribution in [0.3, 0.4) is 0 Å². The molecule has 0 radical (unpaired) electrons. The van der Waals surface area contributed by atoms with Gasteiger partial charge in [0.15, 0.2) is 5.78 Å². The van der Waals surface area contributed by atoms with Gasteiger partial charge in [-0.3, -0.25) is 9.00 Å². The summed E-state index contributed by atoms with van der Waals surface area (Å²) in [5.74, 6) is 0.0784. The normalized spacial score (nSPS) is 20.0. The Labute approximate surface area is 159 Å². The first-order valence-electron chi connectivity index (χ1n) is 4.78. The third-order valence-corrected chi connectivity index (χ3v) is 3.45. The minimum absolute atomic E-state index is 0. The molecule has 0 aromatic heterocycles. The monoisotopic (exact) mass is 509 g/mol. The third kappa shape index (κ3) is 6.99. The molecule has 0 aromatic carbocycles. The zero-order chi connectivity index (χ0) is 12.9. The van der Waals surface area contributed by atoms with E-state index in [4.69, 9.17) is 0 Å². The average Bonchev–Trinajstić information content (AvgIpc) is 2.22. The molecule has 0 saturated carbocycles. The summed E-state index contributed by atoms with van der Waals surface area (Å²) in [6.07, 6.45) is 1.28. The standard InChI is InChI=1S/C10H16O3S.Ar.I2/c1-7-8(6-14(12)13)10(2,3)5-4-9(7)11;;1-2/h4-6H2,1-3H3,(H,12,13);;/p-1. The molecule has 102 valence electrons. The Balaban J connectivity index is 0. The number of halogens is 2. The predicted octanol–water partition coefficient (Wildman–Crippen LogP) is 3.34. The Kier molecular flexibility index (Phi) is 12.7. The third-order valence-electron chi connectivity index (χ3n) is 2.93. The number of ketones is 1. The molecule has 3 nitrogen and oxygen atoms in total.